The Bertz CT molecular complexity index is 1600. The first-order valence-electron chi connectivity index (χ1n) is 11.9. The summed E-state index contributed by atoms with van der Waals surface area (Å²) in [7, 11) is 0.808. The lowest BCUT2D eigenvalue weighted by Gasteiger charge is -2.37. The lowest BCUT2D eigenvalue weighted by molar-refractivity contribution is -0.320. The number of nitrogens with zero attached hydrogens (tertiary/aromatic N) is 1. The van der Waals surface area contributed by atoms with Crippen molar-refractivity contribution in [2.45, 2.75) is 37.1 Å². The average molecular weight is 665 g/mol. The first kappa shape index (κ1) is 34.7. The summed E-state index contributed by atoms with van der Waals surface area (Å²) in [5.41, 5.74) is 0.618. The highest BCUT2D eigenvalue weighted by Crippen LogP contribution is 2.52. The van der Waals surface area contributed by atoms with Crippen molar-refractivity contribution < 1.29 is 86.1 Å². The van der Waals surface area contributed by atoms with Gasteiger partial charge in [0.1, 0.15) is 5.69 Å². The van der Waals surface area contributed by atoms with E-state index in [1.165, 1.54) is 5.32 Å². The number of aliphatic hydroxyl groups is 6. The van der Waals surface area contributed by atoms with Crippen LogP contribution < -0.4 is 16.4 Å². The average Bonchev–Trinajstić information content (AvgIpc) is 3.29. The summed E-state index contributed by atoms with van der Waals surface area (Å²) < 4.78 is 4.88. The molecule has 3 rings (SSSR count). The minimum atomic E-state index is -3.68. The first-order chi connectivity index (χ1) is 20.5. The van der Waals surface area contributed by atoms with E-state index in [1.54, 1.807) is 5.32 Å². The predicted octanol–water partition coefficient (Wildman–Crippen LogP) is -3.04. The van der Waals surface area contributed by atoms with Gasteiger partial charge < -0.3 is 92.4 Å². The summed E-state index contributed by atoms with van der Waals surface area (Å²) >= 11 is 0.349. The Balaban J connectivity index is 1.96. The maximum absolute atomic E-state index is 12.5. The lowest BCUT2D eigenvalue weighted by Crippen LogP contribution is -2.62. The second-order valence-electron chi connectivity index (χ2n) is 9.47. The molecule has 45 heavy (non-hydrogen) atoms. The predicted molar refractivity (Wildman–Crippen MR) is 145 cm³/mol. The van der Waals surface area contributed by atoms with Crippen LogP contribution in [0.3, 0.4) is 0 Å². The van der Waals surface area contributed by atoms with E-state index in [4.69, 9.17) is 10.5 Å². The van der Waals surface area contributed by atoms with Gasteiger partial charge in [-0.05, 0) is 6.92 Å². The van der Waals surface area contributed by atoms with Crippen LogP contribution in [0.15, 0.2) is 0 Å². The van der Waals surface area contributed by atoms with Crippen LogP contribution >= 0.6 is 11.3 Å². The van der Waals surface area contributed by atoms with E-state index in [0.717, 1.165) is 14.0 Å². The Kier molecular flexibility index (Phi) is 8.96. The molecular formula is C23H28N4O17S. The number of methoxy groups -OCH3 is 1. The SMILES string of the molecule is COC(c1c(C)c(O)c(O)c(O)c1O)C(O)(O)NC(O)(O)Cc1c(O)c(O)c(NC(=O)C(O)(O)c2nc(N)sc2O)c(O)c1O. The molecule has 1 heterocycles. The fraction of sp³-hybridized carbons (Fsp3) is 0.304. The summed E-state index contributed by atoms with van der Waals surface area (Å²) in [5, 5.41) is 156. The molecule has 1 atom stereocenters. The number of ether oxygens (including phenoxy) is 1. The van der Waals surface area contributed by atoms with E-state index in [-0.39, 0.29) is 0 Å². The number of rotatable bonds is 10. The van der Waals surface area contributed by atoms with Crippen molar-refractivity contribution in [2.24, 2.45) is 0 Å². The summed E-state index contributed by atoms with van der Waals surface area (Å²) in [6.07, 6.45) is -3.84. The summed E-state index contributed by atoms with van der Waals surface area (Å²) in [5.74, 6) is -23.6. The summed E-state index contributed by atoms with van der Waals surface area (Å²) in [6.45, 7) is 1.03. The van der Waals surface area contributed by atoms with E-state index in [9.17, 15) is 81.4 Å². The number of carbonyl (C=O) groups excluding carboxylic acids is 1. The zero-order valence-electron chi connectivity index (χ0n) is 22.7. The molecule has 0 fully saturated rings. The third-order valence-corrected chi connectivity index (χ3v) is 7.05. The third kappa shape index (κ3) is 6.12. The number of hydrogen-bond donors (Lipinski definition) is 18. The molecule has 0 aliphatic heterocycles. The van der Waals surface area contributed by atoms with Gasteiger partial charge in [0.05, 0.1) is 5.56 Å². The van der Waals surface area contributed by atoms with Crippen molar-refractivity contribution in [1.82, 2.24) is 10.3 Å². The van der Waals surface area contributed by atoms with Crippen LogP contribution in [0, 0.1) is 6.92 Å². The van der Waals surface area contributed by atoms with Crippen LogP contribution in [-0.2, 0) is 21.7 Å². The number of thiazole rings is 1. The van der Waals surface area contributed by atoms with Gasteiger partial charge in [-0.3, -0.25) is 4.79 Å². The maximum atomic E-state index is 12.5. The molecule has 0 saturated carbocycles. The number of phenolic OH excluding ortho intramolecular Hbond substituents is 8. The molecule has 2 aromatic carbocycles. The highest BCUT2D eigenvalue weighted by Gasteiger charge is 2.47. The second kappa shape index (κ2) is 11.6. The standard InChI is InChI=1S/C23H28N4O17S/c1-4-6(11(31)15(35)14(34)8(4)28)17(44-2)23(42,43)27-21(38,39)3-5-9(29)12(32)7(13(33)10(5)30)25-19(37)22(40,41)16-18(36)45-20(24)26-16/h17,27-36,38-43H,3H2,1-2H3,(H2,24,26)(H,25,37). The number of nitrogens with one attached hydrogen (secondary N) is 2. The van der Waals surface area contributed by atoms with Crippen LogP contribution in [0.5, 0.6) is 51.1 Å². The Labute approximate surface area is 253 Å². The van der Waals surface area contributed by atoms with Crippen molar-refractivity contribution in [3.8, 4) is 51.1 Å². The van der Waals surface area contributed by atoms with Gasteiger partial charge in [0, 0.05) is 24.7 Å². The summed E-state index contributed by atoms with van der Waals surface area (Å²) in [4.78, 5) is 15.9. The zero-order valence-corrected chi connectivity index (χ0v) is 23.6. The molecule has 1 aromatic heterocycles. The van der Waals surface area contributed by atoms with Crippen molar-refractivity contribution in [3.63, 3.8) is 0 Å². The molecule has 0 bridgehead atoms. The minimum absolute atomic E-state index is 0.349. The molecule has 1 amide bonds. The summed E-state index contributed by atoms with van der Waals surface area (Å²) in [6, 6.07) is 0. The molecule has 0 aliphatic rings. The quantitative estimate of drug-likeness (QED) is 0.0581. The highest BCUT2D eigenvalue weighted by molar-refractivity contribution is 7.17. The normalized spacial score (nSPS) is 13.2. The van der Waals surface area contributed by atoms with Gasteiger partial charge in [0.15, 0.2) is 51.4 Å². The van der Waals surface area contributed by atoms with Crippen LogP contribution in [-0.4, -0.2) is 106 Å². The van der Waals surface area contributed by atoms with Crippen LogP contribution in [0.1, 0.15) is 28.5 Å². The van der Waals surface area contributed by atoms with E-state index >= 15 is 0 Å². The maximum Gasteiger partial charge on any atom is 0.294 e. The van der Waals surface area contributed by atoms with Gasteiger partial charge >= 0.3 is 0 Å². The minimum Gasteiger partial charge on any atom is -0.504 e. The molecule has 1 unspecified atom stereocenters. The largest absolute Gasteiger partial charge is 0.504 e. The van der Waals surface area contributed by atoms with Crippen LogP contribution in [0.25, 0.3) is 0 Å². The van der Waals surface area contributed by atoms with E-state index < -0.39 is 120 Å². The zero-order chi connectivity index (χ0) is 34.6. The molecule has 19 N–H and O–H groups in total. The van der Waals surface area contributed by atoms with Gasteiger partial charge in [-0.2, -0.15) is 0 Å². The van der Waals surface area contributed by atoms with Gasteiger partial charge in [0.25, 0.3) is 17.6 Å². The Hall–Kier alpha value is -4.78. The molecule has 3 aromatic rings. The van der Waals surface area contributed by atoms with Crippen molar-refractivity contribution in [3.05, 3.63) is 22.4 Å². The molecule has 0 spiro atoms. The number of amides is 1. The first-order valence-corrected chi connectivity index (χ1v) is 12.7. The molecular weight excluding hydrogens is 636 g/mol. The second-order valence-corrected chi connectivity index (χ2v) is 10.5. The van der Waals surface area contributed by atoms with Crippen LogP contribution in [0.4, 0.5) is 10.8 Å². The number of carbonyl (C=O) groups is 1. The third-order valence-electron chi connectivity index (χ3n) is 6.36. The fourth-order valence-electron chi connectivity index (χ4n) is 4.19. The topological polar surface area (TPSA) is 393 Å². The van der Waals surface area contributed by atoms with Gasteiger partial charge in [-0.15, -0.1) is 0 Å². The lowest BCUT2D eigenvalue weighted by atomic mass is 9.96. The Morgan fingerprint density at radius 1 is 0.844 bits per heavy atom. The van der Waals surface area contributed by atoms with Gasteiger partial charge in [-0.25, -0.2) is 10.3 Å². The molecule has 0 radical (unpaired) electrons. The smallest absolute Gasteiger partial charge is 0.294 e. The number of benzene rings is 2. The molecule has 0 saturated heterocycles. The van der Waals surface area contributed by atoms with Crippen molar-refractivity contribution in [1.29, 1.82) is 0 Å². The highest BCUT2D eigenvalue weighted by atomic mass is 32.1. The number of hydrogen-bond acceptors (Lipinski definition) is 21. The molecule has 0 aliphatic carbocycles. The molecule has 248 valence electrons. The van der Waals surface area contributed by atoms with E-state index in [1.807, 2.05) is 0 Å². The molecule has 22 heteroatoms. The number of phenols is 8. The van der Waals surface area contributed by atoms with Crippen LogP contribution in [0.2, 0.25) is 0 Å². The number of aromatic nitrogens is 1. The molecule has 21 nitrogen and oxygen atoms in total. The fourth-order valence-corrected chi connectivity index (χ4v) is 4.81. The van der Waals surface area contributed by atoms with E-state index in [2.05, 4.69) is 4.98 Å². The Morgan fingerprint density at radius 3 is 1.82 bits per heavy atom. The number of nitrogens with two attached hydrogens (primary N) is 1. The van der Waals surface area contributed by atoms with E-state index in [0.29, 0.717) is 11.3 Å². The van der Waals surface area contributed by atoms with Gasteiger partial charge in [0.2, 0.25) is 22.5 Å². The van der Waals surface area contributed by atoms with Gasteiger partial charge in [-0.1, -0.05) is 11.3 Å². The van der Waals surface area contributed by atoms with Crippen molar-refractivity contribution in [2.75, 3.05) is 18.2 Å². The van der Waals surface area contributed by atoms with Crippen molar-refractivity contribution >= 4 is 28.1 Å². The monoisotopic (exact) mass is 664 g/mol. The number of aromatic hydroxyl groups is 9. The number of anilines is 2. The Morgan fingerprint density at radius 2 is 1.36 bits per heavy atom. The number of nitrogen functional groups attached to an aromatic ring is 1.